The number of pyridine rings is 1. The van der Waals surface area contributed by atoms with Crippen molar-refractivity contribution in [2.75, 3.05) is 0 Å². The molecule has 3 aromatic heterocycles. The van der Waals surface area contributed by atoms with Crippen molar-refractivity contribution in [1.82, 2.24) is 24.7 Å². The van der Waals surface area contributed by atoms with E-state index in [1.165, 1.54) is 16.7 Å². The van der Waals surface area contributed by atoms with Crippen molar-refractivity contribution in [2.45, 2.75) is 45.1 Å². The molecule has 0 radical (unpaired) electrons. The second-order valence-electron chi connectivity index (χ2n) is 10.6. The lowest BCUT2D eigenvalue weighted by atomic mass is 9.89. The molecular formula is C35H34N6O. The molecule has 0 bridgehead atoms. The highest BCUT2D eigenvalue weighted by molar-refractivity contribution is 5.92. The minimum Gasteiger partial charge on any atom is -0.364 e. The molecule has 0 fully saturated rings. The largest absolute Gasteiger partial charge is 0.364 e. The number of carbonyl (C=O) groups excluding carboxylic acids is 1. The van der Waals surface area contributed by atoms with E-state index < -0.39 is 5.91 Å². The molecule has 1 amide bonds. The Balaban J connectivity index is 1.47. The number of benzene rings is 3. The number of amides is 1. The predicted octanol–water partition coefficient (Wildman–Crippen LogP) is 6.02. The van der Waals surface area contributed by atoms with Crippen LogP contribution in [0, 0.1) is 0 Å². The van der Waals surface area contributed by atoms with Crippen LogP contribution in [0.4, 0.5) is 0 Å². The first-order valence-corrected chi connectivity index (χ1v) is 14.4. The van der Waals surface area contributed by atoms with E-state index in [4.69, 9.17) is 15.9 Å². The van der Waals surface area contributed by atoms with Crippen molar-refractivity contribution in [2.24, 2.45) is 5.73 Å². The van der Waals surface area contributed by atoms with Gasteiger partial charge < -0.3 is 15.3 Å². The first-order chi connectivity index (χ1) is 20.6. The summed E-state index contributed by atoms with van der Waals surface area (Å²) in [5, 5.41) is 10.7. The van der Waals surface area contributed by atoms with Gasteiger partial charge in [-0.1, -0.05) is 85.8 Å². The van der Waals surface area contributed by atoms with Gasteiger partial charge in [-0.2, -0.15) is 0 Å². The summed E-state index contributed by atoms with van der Waals surface area (Å²) in [7, 11) is 0. The number of aromatic nitrogens is 5. The van der Waals surface area contributed by atoms with E-state index in [0.717, 1.165) is 52.9 Å². The molecule has 7 nitrogen and oxygen atoms in total. The molecule has 0 saturated heterocycles. The molecule has 42 heavy (non-hydrogen) atoms. The van der Waals surface area contributed by atoms with E-state index in [1.54, 1.807) is 6.20 Å². The Morgan fingerprint density at radius 1 is 0.857 bits per heavy atom. The van der Waals surface area contributed by atoms with Crippen LogP contribution in [0.25, 0.3) is 10.9 Å². The number of nitrogens with one attached hydrogen (secondary N) is 1. The number of hydrogen-bond donors (Lipinski definition) is 2. The number of rotatable bonds is 11. The van der Waals surface area contributed by atoms with Crippen molar-refractivity contribution in [3.8, 4) is 0 Å². The van der Waals surface area contributed by atoms with Gasteiger partial charge in [0.15, 0.2) is 0 Å². The Labute approximate surface area is 245 Å². The molecular weight excluding hydrogens is 520 g/mol. The number of nitrogens with two attached hydrogens (primary N) is 1. The highest BCUT2D eigenvalue weighted by Crippen LogP contribution is 2.33. The van der Waals surface area contributed by atoms with Crippen LogP contribution >= 0.6 is 0 Å². The molecule has 6 aromatic rings. The van der Waals surface area contributed by atoms with Crippen LogP contribution in [0.2, 0.25) is 0 Å². The van der Waals surface area contributed by atoms with Crippen molar-refractivity contribution >= 4 is 16.8 Å². The minimum atomic E-state index is -0.556. The van der Waals surface area contributed by atoms with Gasteiger partial charge in [-0.25, -0.2) is 0 Å². The van der Waals surface area contributed by atoms with Gasteiger partial charge >= 0.3 is 0 Å². The first kappa shape index (κ1) is 27.1. The summed E-state index contributed by atoms with van der Waals surface area (Å²) in [5.41, 5.74) is 12.8. The van der Waals surface area contributed by atoms with Crippen molar-refractivity contribution in [1.29, 1.82) is 0 Å². The van der Waals surface area contributed by atoms with E-state index >= 15 is 0 Å². The Morgan fingerprint density at radius 3 is 2.40 bits per heavy atom. The van der Waals surface area contributed by atoms with Crippen molar-refractivity contribution < 1.29 is 4.79 Å². The lowest BCUT2D eigenvalue weighted by Crippen LogP contribution is -2.21. The molecule has 7 heteroatoms. The van der Waals surface area contributed by atoms with Crippen LogP contribution in [-0.2, 0) is 32.2 Å². The quantitative estimate of drug-likeness (QED) is 0.204. The second kappa shape index (κ2) is 12.2. The minimum absolute atomic E-state index is 0.259. The summed E-state index contributed by atoms with van der Waals surface area (Å²) in [6, 6.07) is 31.2. The van der Waals surface area contributed by atoms with Gasteiger partial charge in [0.05, 0.1) is 12.5 Å². The number of carbonyl (C=O) groups is 1. The average molecular weight is 555 g/mol. The van der Waals surface area contributed by atoms with Crippen LogP contribution in [0.3, 0.4) is 0 Å². The third-order valence-electron chi connectivity index (χ3n) is 7.97. The third kappa shape index (κ3) is 5.72. The summed E-state index contributed by atoms with van der Waals surface area (Å²) in [5.74, 6) is 0.841. The maximum Gasteiger partial charge on any atom is 0.267 e. The number of hydrogen-bond acceptors (Lipinski definition) is 4. The van der Waals surface area contributed by atoms with Crippen LogP contribution in [0.5, 0.6) is 0 Å². The molecule has 0 aliphatic heterocycles. The molecule has 0 aliphatic rings. The van der Waals surface area contributed by atoms with Gasteiger partial charge in [-0.05, 0) is 59.2 Å². The smallest absolute Gasteiger partial charge is 0.267 e. The number of aromatic amines is 1. The maximum absolute atomic E-state index is 12.6. The lowest BCUT2D eigenvalue weighted by molar-refractivity contribution is 0.0994. The average Bonchev–Trinajstić information content (AvgIpc) is 3.63. The Kier molecular flexibility index (Phi) is 7.90. The van der Waals surface area contributed by atoms with E-state index in [0.29, 0.717) is 13.0 Å². The molecule has 0 unspecified atom stereocenters. The Morgan fingerprint density at radius 2 is 1.62 bits per heavy atom. The molecule has 0 spiro atoms. The van der Waals surface area contributed by atoms with Gasteiger partial charge in [0.2, 0.25) is 0 Å². The van der Waals surface area contributed by atoms with Crippen LogP contribution in [-0.4, -0.2) is 30.6 Å². The molecule has 3 aromatic carbocycles. The summed E-state index contributed by atoms with van der Waals surface area (Å²) in [6.07, 6.45) is 6.82. The highest BCUT2D eigenvalue weighted by atomic mass is 16.1. The van der Waals surface area contributed by atoms with Crippen molar-refractivity contribution in [3.63, 3.8) is 0 Å². The fourth-order valence-electron chi connectivity index (χ4n) is 5.69. The fourth-order valence-corrected chi connectivity index (χ4v) is 5.69. The molecule has 3 N–H and O–H groups in total. The van der Waals surface area contributed by atoms with E-state index in [-0.39, 0.29) is 11.6 Å². The van der Waals surface area contributed by atoms with Crippen LogP contribution < -0.4 is 5.73 Å². The summed E-state index contributed by atoms with van der Waals surface area (Å²) in [4.78, 5) is 20.4. The van der Waals surface area contributed by atoms with E-state index in [1.807, 2.05) is 36.5 Å². The normalized spacial score (nSPS) is 12.0. The lowest BCUT2D eigenvalue weighted by Gasteiger charge is -2.21. The number of para-hydroxylation sites is 1. The third-order valence-corrected chi connectivity index (χ3v) is 7.97. The molecule has 0 saturated carbocycles. The molecule has 210 valence electrons. The molecule has 1 atom stereocenters. The monoisotopic (exact) mass is 554 g/mol. The highest BCUT2D eigenvalue weighted by Gasteiger charge is 2.28. The number of aryl methyl sites for hydroxylation is 3. The zero-order valence-electron chi connectivity index (χ0n) is 23.7. The Hall–Kier alpha value is -5.04. The van der Waals surface area contributed by atoms with Crippen LogP contribution in [0.15, 0.2) is 103 Å². The summed E-state index contributed by atoms with van der Waals surface area (Å²) in [6.45, 7) is 2.78. The summed E-state index contributed by atoms with van der Waals surface area (Å²) < 4.78 is 2.22. The van der Waals surface area contributed by atoms with E-state index in [2.05, 4.69) is 82.1 Å². The number of H-pyrrole nitrogens is 1. The number of nitrogens with zero attached hydrogens (tertiary/aromatic N) is 4. The van der Waals surface area contributed by atoms with Gasteiger partial charge in [-0.3, -0.25) is 9.78 Å². The SMILES string of the molecule is CCc1ccc(Cn2c(CCc3ccccc3)nnc2[C@H](Cc2c[nH]c3ccccc23)c2cccnc2C(N)=O)cc1. The van der Waals surface area contributed by atoms with Crippen LogP contribution in [0.1, 0.15) is 62.8 Å². The van der Waals surface area contributed by atoms with Crippen molar-refractivity contribution in [3.05, 3.63) is 149 Å². The molecule has 3 heterocycles. The zero-order chi connectivity index (χ0) is 28.9. The first-order valence-electron chi connectivity index (χ1n) is 14.4. The Bertz CT molecular complexity index is 1800. The number of primary amides is 1. The van der Waals surface area contributed by atoms with Gasteiger partial charge in [0.25, 0.3) is 5.91 Å². The van der Waals surface area contributed by atoms with Gasteiger partial charge in [0.1, 0.15) is 17.3 Å². The van der Waals surface area contributed by atoms with Gasteiger partial charge in [0, 0.05) is 29.7 Å². The fraction of sp³-hybridized carbons (Fsp3) is 0.200. The summed E-state index contributed by atoms with van der Waals surface area (Å²) >= 11 is 0. The topological polar surface area (TPSA) is 102 Å². The molecule has 0 aliphatic carbocycles. The zero-order valence-corrected chi connectivity index (χ0v) is 23.7. The maximum atomic E-state index is 12.6. The number of fused-ring (bicyclic) bond motifs is 1. The molecule has 6 rings (SSSR count). The van der Waals surface area contributed by atoms with E-state index in [9.17, 15) is 4.79 Å². The predicted molar refractivity (Wildman–Crippen MR) is 165 cm³/mol. The standard InChI is InChI=1S/C35H34N6O/c1-2-24-14-16-26(17-15-24)23-41-32(19-18-25-9-4-3-5-10-25)39-40-35(41)30(29-12-8-20-37-33(29)34(36)42)21-27-22-38-31-13-7-6-11-28(27)31/h3-17,20,22,30,38H,2,18-19,21,23H2,1H3,(H2,36,42)/t30-/m1/s1. The second-order valence-corrected chi connectivity index (χ2v) is 10.6. The van der Waals surface area contributed by atoms with Gasteiger partial charge in [-0.15, -0.1) is 10.2 Å².